The number of hydrogen-bond acceptors (Lipinski definition) is 5. The average molecular weight is 274 g/mol. The summed E-state index contributed by atoms with van der Waals surface area (Å²) in [7, 11) is 0. The topological polar surface area (TPSA) is 74.5 Å². The minimum atomic E-state index is -0.506. The first-order valence-electron chi connectivity index (χ1n) is 6.09. The molecule has 1 aromatic carbocycles. The highest BCUT2D eigenvalue weighted by molar-refractivity contribution is 5.36. The van der Waals surface area contributed by atoms with Crippen molar-refractivity contribution in [2.45, 2.75) is 20.0 Å². The van der Waals surface area contributed by atoms with E-state index in [2.05, 4.69) is 4.98 Å². The second-order valence-corrected chi connectivity index (χ2v) is 4.36. The van der Waals surface area contributed by atoms with Gasteiger partial charge >= 0.3 is 0 Å². The fourth-order valence-electron chi connectivity index (χ4n) is 1.54. The van der Waals surface area contributed by atoms with Crippen LogP contribution >= 0.6 is 0 Å². The van der Waals surface area contributed by atoms with Gasteiger partial charge in [0.25, 0.3) is 5.69 Å². The van der Waals surface area contributed by atoms with Crippen LogP contribution in [0, 0.1) is 10.1 Å². The number of pyridine rings is 1. The number of rotatable bonds is 5. The van der Waals surface area contributed by atoms with Gasteiger partial charge in [0.1, 0.15) is 17.7 Å². The maximum atomic E-state index is 10.5. The molecule has 2 rings (SSSR count). The standard InChI is InChI=1S/C14H14N2O4/c1-10(2)19-12-4-3-5-13(8-12)20-14-7-6-11(9-15-14)16(17)18/h3-10H,1-2H3. The van der Waals surface area contributed by atoms with E-state index in [0.717, 1.165) is 6.20 Å². The molecule has 0 bridgehead atoms. The molecule has 104 valence electrons. The summed E-state index contributed by atoms with van der Waals surface area (Å²) < 4.78 is 11.1. The SMILES string of the molecule is CC(C)Oc1cccc(Oc2ccc([N+](=O)[O-])cn2)c1. The summed E-state index contributed by atoms with van der Waals surface area (Å²) in [6.45, 7) is 3.87. The number of aromatic nitrogens is 1. The molecule has 1 heterocycles. The first-order valence-corrected chi connectivity index (χ1v) is 6.09. The molecule has 0 fully saturated rings. The largest absolute Gasteiger partial charge is 0.491 e. The summed E-state index contributed by atoms with van der Waals surface area (Å²) in [6, 6.07) is 9.93. The lowest BCUT2D eigenvalue weighted by molar-refractivity contribution is -0.385. The van der Waals surface area contributed by atoms with Gasteiger partial charge < -0.3 is 9.47 Å². The maximum absolute atomic E-state index is 10.5. The van der Waals surface area contributed by atoms with Crippen LogP contribution in [0.1, 0.15) is 13.8 Å². The lowest BCUT2D eigenvalue weighted by Crippen LogP contribution is -2.05. The first kappa shape index (κ1) is 13.8. The molecule has 20 heavy (non-hydrogen) atoms. The Labute approximate surface area is 116 Å². The number of nitrogens with zero attached hydrogens (tertiary/aromatic N) is 2. The Morgan fingerprint density at radius 1 is 1.20 bits per heavy atom. The van der Waals surface area contributed by atoms with E-state index in [-0.39, 0.29) is 17.7 Å². The summed E-state index contributed by atoms with van der Waals surface area (Å²) in [5.41, 5.74) is -0.0748. The van der Waals surface area contributed by atoms with E-state index in [1.807, 2.05) is 19.9 Å². The normalized spacial score (nSPS) is 10.3. The Hall–Kier alpha value is -2.63. The smallest absolute Gasteiger partial charge is 0.287 e. The molecule has 0 atom stereocenters. The summed E-state index contributed by atoms with van der Waals surface area (Å²) >= 11 is 0. The molecule has 0 N–H and O–H groups in total. The van der Waals surface area contributed by atoms with Gasteiger partial charge in [-0.15, -0.1) is 0 Å². The molecule has 0 aliphatic rings. The Morgan fingerprint density at radius 2 is 1.95 bits per heavy atom. The van der Waals surface area contributed by atoms with Crippen LogP contribution in [0.25, 0.3) is 0 Å². The van der Waals surface area contributed by atoms with Crippen molar-refractivity contribution in [3.63, 3.8) is 0 Å². The van der Waals surface area contributed by atoms with E-state index in [4.69, 9.17) is 9.47 Å². The van der Waals surface area contributed by atoms with Crippen LogP contribution in [-0.2, 0) is 0 Å². The Kier molecular flexibility index (Phi) is 4.14. The van der Waals surface area contributed by atoms with Crippen LogP contribution in [-0.4, -0.2) is 16.0 Å². The van der Waals surface area contributed by atoms with Gasteiger partial charge in [-0.2, -0.15) is 0 Å². The molecule has 6 nitrogen and oxygen atoms in total. The fraction of sp³-hybridized carbons (Fsp3) is 0.214. The number of nitro groups is 1. The second-order valence-electron chi connectivity index (χ2n) is 4.36. The molecule has 0 spiro atoms. The van der Waals surface area contributed by atoms with Crippen molar-refractivity contribution in [3.8, 4) is 17.4 Å². The van der Waals surface area contributed by atoms with Gasteiger partial charge in [-0.1, -0.05) is 6.07 Å². The third-order valence-corrected chi connectivity index (χ3v) is 2.33. The van der Waals surface area contributed by atoms with Crippen LogP contribution < -0.4 is 9.47 Å². The van der Waals surface area contributed by atoms with E-state index in [1.54, 1.807) is 18.2 Å². The quantitative estimate of drug-likeness (QED) is 0.615. The zero-order valence-corrected chi connectivity index (χ0v) is 11.1. The molecular weight excluding hydrogens is 260 g/mol. The Balaban J connectivity index is 2.11. The molecule has 0 unspecified atom stereocenters. The zero-order chi connectivity index (χ0) is 14.5. The van der Waals surface area contributed by atoms with Gasteiger partial charge in [0.15, 0.2) is 0 Å². The lowest BCUT2D eigenvalue weighted by atomic mass is 10.3. The van der Waals surface area contributed by atoms with Crippen LogP contribution in [0.3, 0.4) is 0 Å². The first-order chi connectivity index (χ1) is 9.54. The molecule has 0 saturated heterocycles. The summed E-state index contributed by atoms with van der Waals surface area (Å²) in [4.78, 5) is 13.9. The Bertz CT molecular complexity index is 596. The molecular formula is C14H14N2O4. The number of hydrogen-bond donors (Lipinski definition) is 0. The van der Waals surface area contributed by atoms with Crippen molar-refractivity contribution in [1.82, 2.24) is 4.98 Å². The third kappa shape index (κ3) is 3.68. The van der Waals surface area contributed by atoms with Crippen molar-refractivity contribution >= 4 is 5.69 Å². The van der Waals surface area contributed by atoms with Gasteiger partial charge in [0.2, 0.25) is 5.88 Å². The lowest BCUT2D eigenvalue weighted by Gasteiger charge is -2.11. The maximum Gasteiger partial charge on any atom is 0.287 e. The predicted molar refractivity (Wildman–Crippen MR) is 73.2 cm³/mol. The van der Waals surface area contributed by atoms with Crippen LogP contribution in [0.4, 0.5) is 5.69 Å². The predicted octanol–water partition coefficient (Wildman–Crippen LogP) is 3.57. The van der Waals surface area contributed by atoms with Crippen molar-refractivity contribution in [2.75, 3.05) is 0 Å². The second kappa shape index (κ2) is 6.01. The molecule has 0 saturated carbocycles. The van der Waals surface area contributed by atoms with Crippen molar-refractivity contribution < 1.29 is 14.4 Å². The monoisotopic (exact) mass is 274 g/mol. The minimum Gasteiger partial charge on any atom is -0.491 e. The zero-order valence-electron chi connectivity index (χ0n) is 11.1. The van der Waals surface area contributed by atoms with E-state index >= 15 is 0 Å². The molecule has 1 aromatic heterocycles. The average Bonchev–Trinajstić information content (AvgIpc) is 2.39. The van der Waals surface area contributed by atoms with Gasteiger partial charge in [-0.25, -0.2) is 4.98 Å². The van der Waals surface area contributed by atoms with Crippen LogP contribution in [0.15, 0.2) is 42.6 Å². The number of ether oxygens (including phenoxy) is 2. The van der Waals surface area contributed by atoms with Gasteiger partial charge in [0, 0.05) is 18.2 Å². The van der Waals surface area contributed by atoms with E-state index in [0.29, 0.717) is 11.5 Å². The summed E-state index contributed by atoms with van der Waals surface area (Å²) in [5.74, 6) is 1.54. The van der Waals surface area contributed by atoms with Crippen molar-refractivity contribution in [3.05, 3.63) is 52.7 Å². The Morgan fingerprint density at radius 3 is 2.55 bits per heavy atom. The van der Waals surface area contributed by atoms with Crippen molar-refractivity contribution in [1.29, 1.82) is 0 Å². The highest BCUT2D eigenvalue weighted by atomic mass is 16.6. The van der Waals surface area contributed by atoms with E-state index in [1.165, 1.54) is 12.1 Å². The highest BCUT2D eigenvalue weighted by Crippen LogP contribution is 2.25. The van der Waals surface area contributed by atoms with E-state index < -0.39 is 4.92 Å². The van der Waals surface area contributed by atoms with Crippen molar-refractivity contribution in [2.24, 2.45) is 0 Å². The van der Waals surface area contributed by atoms with Gasteiger partial charge in [-0.3, -0.25) is 10.1 Å². The fourth-order valence-corrected chi connectivity index (χ4v) is 1.54. The minimum absolute atomic E-state index is 0.0720. The van der Waals surface area contributed by atoms with Gasteiger partial charge in [-0.05, 0) is 26.0 Å². The number of benzene rings is 1. The molecule has 0 aliphatic carbocycles. The molecule has 0 amide bonds. The molecule has 2 aromatic rings. The van der Waals surface area contributed by atoms with Crippen LogP contribution in [0.5, 0.6) is 17.4 Å². The van der Waals surface area contributed by atoms with E-state index in [9.17, 15) is 10.1 Å². The third-order valence-electron chi connectivity index (χ3n) is 2.33. The summed E-state index contributed by atoms with van der Waals surface area (Å²) in [6.07, 6.45) is 1.23. The molecule has 0 aliphatic heterocycles. The van der Waals surface area contributed by atoms with Crippen LogP contribution in [0.2, 0.25) is 0 Å². The molecule has 6 heteroatoms. The molecule has 0 radical (unpaired) electrons. The highest BCUT2D eigenvalue weighted by Gasteiger charge is 2.07. The van der Waals surface area contributed by atoms with Gasteiger partial charge in [0.05, 0.1) is 11.0 Å². The summed E-state index contributed by atoms with van der Waals surface area (Å²) in [5, 5.41) is 10.5.